The zero-order chi connectivity index (χ0) is 13.4. The molecule has 3 heteroatoms. The van der Waals surface area contributed by atoms with Crippen LogP contribution < -0.4 is 10.6 Å². The minimum absolute atomic E-state index is 0.210. The first-order chi connectivity index (χ1) is 8.61. The minimum Gasteiger partial charge on any atom is -0.353 e. The van der Waals surface area contributed by atoms with E-state index in [4.69, 9.17) is 0 Å². The molecule has 1 aliphatic rings. The van der Waals surface area contributed by atoms with E-state index in [1.165, 1.54) is 38.5 Å². The van der Waals surface area contributed by atoms with Crippen molar-refractivity contribution in [1.82, 2.24) is 10.6 Å². The highest BCUT2D eigenvalue weighted by atomic mass is 16.1. The Kier molecular flexibility index (Phi) is 7.33. The highest BCUT2D eigenvalue weighted by Crippen LogP contribution is 2.27. The van der Waals surface area contributed by atoms with E-state index in [0.29, 0.717) is 18.5 Å². The van der Waals surface area contributed by atoms with Crippen molar-refractivity contribution >= 4 is 5.91 Å². The topological polar surface area (TPSA) is 41.1 Å². The van der Waals surface area contributed by atoms with Crippen molar-refractivity contribution in [2.45, 2.75) is 77.8 Å². The lowest BCUT2D eigenvalue weighted by Crippen LogP contribution is -2.39. The Hall–Kier alpha value is -0.570. The fourth-order valence-electron chi connectivity index (χ4n) is 2.78. The predicted octanol–water partition coefficient (Wildman–Crippen LogP) is 2.85. The van der Waals surface area contributed by atoms with E-state index in [9.17, 15) is 4.79 Å². The summed E-state index contributed by atoms with van der Waals surface area (Å²) in [5, 5.41) is 6.45. The molecule has 1 amide bonds. The fraction of sp³-hybridized carbons (Fsp3) is 0.933. The lowest BCUT2D eigenvalue weighted by molar-refractivity contribution is -0.122. The van der Waals surface area contributed by atoms with Gasteiger partial charge in [0.1, 0.15) is 0 Å². The number of amides is 1. The molecule has 0 unspecified atom stereocenters. The van der Waals surface area contributed by atoms with E-state index in [1.807, 2.05) is 0 Å². The minimum atomic E-state index is 0.210. The van der Waals surface area contributed by atoms with E-state index in [2.05, 4.69) is 31.4 Å². The normalized spacial score (nSPS) is 24.2. The Morgan fingerprint density at radius 3 is 2.44 bits per heavy atom. The maximum Gasteiger partial charge on any atom is 0.221 e. The molecule has 2 N–H and O–H groups in total. The van der Waals surface area contributed by atoms with Crippen LogP contribution in [0.25, 0.3) is 0 Å². The molecule has 0 atom stereocenters. The van der Waals surface area contributed by atoms with Crippen molar-refractivity contribution in [3.63, 3.8) is 0 Å². The molecule has 0 radical (unpaired) electrons. The summed E-state index contributed by atoms with van der Waals surface area (Å²) in [4.78, 5) is 11.7. The summed E-state index contributed by atoms with van der Waals surface area (Å²) in [5.74, 6) is 1.12. The van der Waals surface area contributed by atoms with Gasteiger partial charge in [0.2, 0.25) is 5.91 Å². The summed E-state index contributed by atoms with van der Waals surface area (Å²) < 4.78 is 0. The van der Waals surface area contributed by atoms with Crippen molar-refractivity contribution < 1.29 is 4.79 Å². The average molecular weight is 254 g/mol. The van der Waals surface area contributed by atoms with Crippen LogP contribution in [0.4, 0.5) is 0 Å². The van der Waals surface area contributed by atoms with Crippen molar-refractivity contribution in [2.24, 2.45) is 5.92 Å². The summed E-state index contributed by atoms with van der Waals surface area (Å²) >= 11 is 0. The molecular formula is C15H30N2O. The Labute approximate surface area is 112 Å². The summed E-state index contributed by atoms with van der Waals surface area (Å²) in [6.07, 6.45) is 8.20. The molecule has 1 saturated carbocycles. The molecule has 1 rings (SSSR count). The van der Waals surface area contributed by atoms with Gasteiger partial charge in [-0.25, -0.2) is 0 Å². The van der Waals surface area contributed by atoms with Gasteiger partial charge in [0, 0.05) is 25.0 Å². The van der Waals surface area contributed by atoms with E-state index in [1.54, 1.807) is 0 Å². The first-order valence-electron chi connectivity index (χ1n) is 7.64. The van der Waals surface area contributed by atoms with Crippen LogP contribution in [0.2, 0.25) is 0 Å². The molecule has 1 fully saturated rings. The monoisotopic (exact) mass is 254 g/mol. The van der Waals surface area contributed by atoms with Gasteiger partial charge in [-0.2, -0.15) is 0 Å². The maximum atomic E-state index is 11.7. The first-order valence-corrected chi connectivity index (χ1v) is 7.64. The molecule has 0 aromatic carbocycles. The molecule has 0 aliphatic heterocycles. The molecule has 18 heavy (non-hydrogen) atoms. The largest absolute Gasteiger partial charge is 0.353 e. The molecule has 0 bridgehead atoms. The first kappa shape index (κ1) is 15.5. The molecule has 106 valence electrons. The highest BCUT2D eigenvalue weighted by molar-refractivity contribution is 5.76. The molecule has 0 saturated heterocycles. The van der Waals surface area contributed by atoms with Crippen molar-refractivity contribution in [2.75, 3.05) is 6.54 Å². The second kappa shape index (κ2) is 8.52. The highest BCUT2D eigenvalue weighted by Gasteiger charge is 2.21. The van der Waals surface area contributed by atoms with E-state index < -0.39 is 0 Å². The molecule has 1 aliphatic carbocycles. The summed E-state index contributed by atoms with van der Waals surface area (Å²) in [6, 6.07) is 0.895. The fourth-order valence-corrected chi connectivity index (χ4v) is 2.78. The Bertz CT molecular complexity index is 233. The van der Waals surface area contributed by atoms with Crippen LogP contribution in [0, 0.1) is 5.92 Å². The molecule has 0 aromatic heterocycles. The Morgan fingerprint density at radius 2 is 1.89 bits per heavy atom. The molecular weight excluding hydrogens is 224 g/mol. The van der Waals surface area contributed by atoms with Gasteiger partial charge < -0.3 is 10.6 Å². The smallest absolute Gasteiger partial charge is 0.221 e. The third-order valence-corrected chi connectivity index (χ3v) is 3.81. The number of hydrogen-bond donors (Lipinski definition) is 2. The van der Waals surface area contributed by atoms with Crippen LogP contribution in [0.3, 0.4) is 0 Å². The van der Waals surface area contributed by atoms with Gasteiger partial charge in [-0.15, -0.1) is 0 Å². The van der Waals surface area contributed by atoms with Crippen molar-refractivity contribution in [3.05, 3.63) is 0 Å². The zero-order valence-corrected chi connectivity index (χ0v) is 12.3. The number of carbonyl (C=O) groups is 1. The van der Waals surface area contributed by atoms with Gasteiger partial charge in [-0.1, -0.05) is 33.6 Å². The number of hydrogen-bond acceptors (Lipinski definition) is 2. The molecule has 0 aromatic rings. The standard InChI is InChI=1S/C15H30N2O/c1-4-5-13-6-8-14(9-7-13)17-15(18)10-11-16-12(2)3/h12-14,16H,4-11H2,1-3H3,(H,17,18). The number of carbonyl (C=O) groups excluding carboxylic acids is 1. The summed E-state index contributed by atoms with van der Waals surface area (Å²) in [7, 11) is 0. The van der Waals surface area contributed by atoms with Crippen molar-refractivity contribution in [3.8, 4) is 0 Å². The van der Waals surface area contributed by atoms with Gasteiger partial charge in [0.15, 0.2) is 0 Å². The SMILES string of the molecule is CCCC1CCC(NC(=O)CCNC(C)C)CC1. The summed E-state index contributed by atoms with van der Waals surface area (Å²) in [6.45, 7) is 7.25. The zero-order valence-electron chi connectivity index (χ0n) is 12.3. The Balaban J connectivity index is 2.10. The van der Waals surface area contributed by atoms with Crippen molar-refractivity contribution in [1.29, 1.82) is 0 Å². The Morgan fingerprint density at radius 1 is 1.22 bits per heavy atom. The van der Waals surface area contributed by atoms with Gasteiger partial charge in [-0.05, 0) is 31.6 Å². The van der Waals surface area contributed by atoms with Crippen LogP contribution in [-0.2, 0) is 4.79 Å². The van der Waals surface area contributed by atoms with Crippen LogP contribution in [0.5, 0.6) is 0 Å². The van der Waals surface area contributed by atoms with Gasteiger partial charge >= 0.3 is 0 Å². The number of nitrogens with one attached hydrogen (secondary N) is 2. The van der Waals surface area contributed by atoms with Crippen LogP contribution in [-0.4, -0.2) is 24.5 Å². The lowest BCUT2D eigenvalue weighted by Gasteiger charge is -2.29. The quantitative estimate of drug-likeness (QED) is 0.733. The van der Waals surface area contributed by atoms with E-state index >= 15 is 0 Å². The molecule has 0 spiro atoms. The maximum absolute atomic E-state index is 11.7. The van der Waals surface area contributed by atoms with E-state index in [0.717, 1.165) is 12.5 Å². The third kappa shape index (κ3) is 6.39. The second-order valence-corrected chi connectivity index (χ2v) is 5.93. The third-order valence-electron chi connectivity index (χ3n) is 3.81. The predicted molar refractivity (Wildman–Crippen MR) is 76.6 cm³/mol. The molecule has 0 heterocycles. The van der Waals surface area contributed by atoms with Crippen LogP contribution in [0.1, 0.15) is 65.7 Å². The summed E-state index contributed by atoms with van der Waals surface area (Å²) in [5.41, 5.74) is 0. The van der Waals surface area contributed by atoms with Gasteiger partial charge in [0.05, 0.1) is 0 Å². The van der Waals surface area contributed by atoms with Crippen LogP contribution in [0.15, 0.2) is 0 Å². The van der Waals surface area contributed by atoms with Gasteiger partial charge in [0.25, 0.3) is 0 Å². The van der Waals surface area contributed by atoms with Crippen LogP contribution >= 0.6 is 0 Å². The lowest BCUT2D eigenvalue weighted by atomic mass is 9.83. The number of rotatable bonds is 7. The average Bonchev–Trinajstić information content (AvgIpc) is 2.31. The molecule has 3 nitrogen and oxygen atoms in total. The van der Waals surface area contributed by atoms with E-state index in [-0.39, 0.29) is 5.91 Å². The second-order valence-electron chi connectivity index (χ2n) is 5.93. The van der Waals surface area contributed by atoms with Gasteiger partial charge in [-0.3, -0.25) is 4.79 Å².